The van der Waals surface area contributed by atoms with Crippen LogP contribution in [0.3, 0.4) is 0 Å². The van der Waals surface area contributed by atoms with E-state index < -0.39 is 53.8 Å². The van der Waals surface area contributed by atoms with E-state index in [2.05, 4.69) is 16.0 Å². The Balaban J connectivity index is 2.00. The van der Waals surface area contributed by atoms with Crippen molar-refractivity contribution >= 4 is 29.6 Å². The van der Waals surface area contributed by atoms with E-state index in [9.17, 15) is 29.1 Å². The summed E-state index contributed by atoms with van der Waals surface area (Å²) in [5.74, 6) is -3.50. The van der Waals surface area contributed by atoms with Crippen LogP contribution in [0.5, 0.6) is 0 Å². The summed E-state index contributed by atoms with van der Waals surface area (Å²) in [5.41, 5.74) is 12.5. The number of carbonyl (C=O) groups is 5. The number of nitrogens with one attached hydrogen (secondary N) is 3. The molecule has 8 N–H and O–H groups in total. The highest BCUT2D eigenvalue weighted by Crippen LogP contribution is 2.20. The zero-order valence-corrected chi connectivity index (χ0v) is 22.7. The highest BCUT2D eigenvalue weighted by molar-refractivity contribution is 5.94. The molecule has 0 radical (unpaired) electrons. The smallest absolute Gasteiger partial charge is 0.326 e. The molecule has 1 aromatic rings. The molecule has 216 valence electrons. The van der Waals surface area contributed by atoms with Gasteiger partial charge in [-0.25, -0.2) is 4.79 Å². The van der Waals surface area contributed by atoms with Crippen molar-refractivity contribution in [1.82, 2.24) is 20.9 Å². The fourth-order valence-electron chi connectivity index (χ4n) is 4.52. The van der Waals surface area contributed by atoms with Gasteiger partial charge in [0.05, 0.1) is 12.6 Å². The van der Waals surface area contributed by atoms with Crippen LogP contribution in [0.25, 0.3) is 0 Å². The molecule has 2 rings (SSSR count). The molecule has 1 aliphatic heterocycles. The largest absolute Gasteiger partial charge is 0.480 e. The SMILES string of the molecule is CC(C)C(NC(=O)C1CCCN1C(=O)C(CCCCN)NC(=O)CNC(=O)C(N)Cc1ccccc1)C(=O)O. The number of unbranched alkanes of at least 4 members (excludes halogenated alkanes) is 1. The van der Waals surface area contributed by atoms with Gasteiger partial charge in [-0.3, -0.25) is 19.2 Å². The molecule has 1 heterocycles. The summed E-state index contributed by atoms with van der Waals surface area (Å²) < 4.78 is 0. The van der Waals surface area contributed by atoms with E-state index in [-0.39, 0.29) is 12.5 Å². The first-order chi connectivity index (χ1) is 18.5. The van der Waals surface area contributed by atoms with Gasteiger partial charge in [-0.2, -0.15) is 0 Å². The van der Waals surface area contributed by atoms with Crippen LogP contribution in [0.15, 0.2) is 30.3 Å². The van der Waals surface area contributed by atoms with E-state index in [1.807, 2.05) is 30.3 Å². The van der Waals surface area contributed by atoms with E-state index in [0.717, 1.165) is 5.56 Å². The Labute approximate surface area is 229 Å². The molecule has 12 heteroatoms. The van der Waals surface area contributed by atoms with Crippen LogP contribution in [0.2, 0.25) is 0 Å². The molecule has 4 atom stereocenters. The van der Waals surface area contributed by atoms with Gasteiger partial charge in [0.25, 0.3) is 0 Å². The lowest BCUT2D eigenvalue weighted by Crippen LogP contribution is -2.56. The number of benzene rings is 1. The lowest BCUT2D eigenvalue weighted by molar-refractivity contribution is -0.145. The van der Waals surface area contributed by atoms with E-state index in [1.165, 1.54) is 4.90 Å². The molecule has 0 bridgehead atoms. The van der Waals surface area contributed by atoms with E-state index in [0.29, 0.717) is 51.6 Å². The van der Waals surface area contributed by atoms with Crippen LogP contribution in [0, 0.1) is 5.92 Å². The van der Waals surface area contributed by atoms with Crippen LogP contribution in [-0.4, -0.2) is 83.4 Å². The van der Waals surface area contributed by atoms with Gasteiger partial charge >= 0.3 is 5.97 Å². The van der Waals surface area contributed by atoms with Crippen LogP contribution < -0.4 is 27.4 Å². The number of carbonyl (C=O) groups excluding carboxylic acids is 4. The third-order valence-corrected chi connectivity index (χ3v) is 6.71. The summed E-state index contributed by atoms with van der Waals surface area (Å²) in [6, 6.07) is 5.59. The lowest BCUT2D eigenvalue weighted by atomic mass is 10.0. The number of aliphatic carboxylic acids is 1. The van der Waals surface area contributed by atoms with Gasteiger partial charge in [-0.1, -0.05) is 44.2 Å². The number of likely N-dealkylation sites (tertiary alicyclic amines) is 1. The first-order valence-electron chi connectivity index (χ1n) is 13.5. The van der Waals surface area contributed by atoms with Crippen LogP contribution in [0.1, 0.15) is 51.5 Å². The average molecular weight is 547 g/mol. The molecule has 12 nitrogen and oxygen atoms in total. The van der Waals surface area contributed by atoms with Crippen LogP contribution in [-0.2, 0) is 30.4 Å². The van der Waals surface area contributed by atoms with Crippen LogP contribution >= 0.6 is 0 Å². The Bertz CT molecular complexity index is 988. The number of nitrogens with two attached hydrogens (primary N) is 2. The fourth-order valence-corrected chi connectivity index (χ4v) is 4.52. The Kier molecular flexibility index (Phi) is 12.8. The van der Waals surface area contributed by atoms with Gasteiger partial charge < -0.3 is 37.4 Å². The molecule has 1 fully saturated rings. The predicted octanol–water partition coefficient (Wildman–Crippen LogP) is -0.497. The van der Waals surface area contributed by atoms with Gasteiger partial charge in [0.2, 0.25) is 23.6 Å². The molecule has 0 aliphatic carbocycles. The summed E-state index contributed by atoms with van der Waals surface area (Å²) in [6.45, 7) is 3.75. The third-order valence-electron chi connectivity index (χ3n) is 6.71. The maximum absolute atomic E-state index is 13.5. The average Bonchev–Trinajstić information content (AvgIpc) is 3.39. The Morgan fingerprint density at radius 1 is 1.08 bits per heavy atom. The second kappa shape index (κ2) is 15.8. The Morgan fingerprint density at radius 3 is 2.38 bits per heavy atom. The van der Waals surface area contributed by atoms with Crippen molar-refractivity contribution in [3.8, 4) is 0 Å². The second-order valence-corrected chi connectivity index (χ2v) is 10.2. The standard InChI is InChI=1S/C27H42N6O6/c1-17(2)23(27(38)39)32-25(36)21-12-8-14-33(21)26(37)20(11-6-7-13-28)31-22(34)16-30-24(35)19(29)15-18-9-4-3-5-10-18/h3-5,9-10,17,19-21,23H,6-8,11-16,28-29H2,1-2H3,(H,30,35)(H,31,34)(H,32,36)(H,38,39). The molecule has 0 spiro atoms. The monoisotopic (exact) mass is 546 g/mol. The fraction of sp³-hybridized carbons (Fsp3) is 0.593. The van der Waals surface area contributed by atoms with E-state index in [4.69, 9.17) is 11.5 Å². The quantitative estimate of drug-likeness (QED) is 0.158. The molecule has 4 unspecified atom stereocenters. The zero-order valence-electron chi connectivity index (χ0n) is 22.7. The third kappa shape index (κ3) is 9.95. The number of hydrogen-bond donors (Lipinski definition) is 6. The highest BCUT2D eigenvalue weighted by Gasteiger charge is 2.39. The molecular formula is C27H42N6O6. The normalized spacial score (nSPS) is 17.3. The molecule has 1 aliphatic rings. The summed E-state index contributed by atoms with van der Waals surface area (Å²) >= 11 is 0. The minimum Gasteiger partial charge on any atom is -0.480 e. The minimum atomic E-state index is -1.15. The topological polar surface area (TPSA) is 197 Å². The van der Waals surface area contributed by atoms with Crippen molar-refractivity contribution in [1.29, 1.82) is 0 Å². The summed E-state index contributed by atoms with van der Waals surface area (Å²) in [4.78, 5) is 64.4. The van der Waals surface area contributed by atoms with Gasteiger partial charge in [0.15, 0.2) is 0 Å². The highest BCUT2D eigenvalue weighted by atomic mass is 16.4. The number of amides is 4. The van der Waals surface area contributed by atoms with Gasteiger partial charge in [0, 0.05) is 6.54 Å². The minimum absolute atomic E-state index is 0.303. The number of nitrogens with zero attached hydrogens (tertiary/aromatic N) is 1. The van der Waals surface area contributed by atoms with Crippen molar-refractivity contribution in [2.45, 2.75) is 76.5 Å². The van der Waals surface area contributed by atoms with E-state index in [1.54, 1.807) is 13.8 Å². The predicted molar refractivity (Wildman–Crippen MR) is 145 cm³/mol. The molecular weight excluding hydrogens is 504 g/mol. The first kappa shape index (κ1) is 31.7. The maximum atomic E-state index is 13.5. The van der Waals surface area contributed by atoms with Gasteiger partial charge in [-0.05, 0) is 56.6 Å². The Morgan fingerprint density at radius 2 is 1.77 bits per heavy atom. The number of carboxylic acids is 1. The second-order valence-electron chi connectivity index (χ2n) is 10.2. The van der Waals surface area contributed by atoms with E-state index >= 15 is 0 Å². The number of rotatable bonds is 15. The summed E-state index contributed by atoms with van der Waals surface area (Å²) in [6.07, 6.45) is 2.79. The molecule has 0 aromatic heterocycles. The number of carboxylic acid groups (broad SMARTS) is 1. The van der Waals surface area contributed by atoms with Crippen molar-refractivity contribution in [3.63, 3.8) is 0 Å². The summed E-state index contributed by atoms with van der Waals surface area (Å²) in [5, 5.41) is 17.2. The van der Waals surface area contributed by atoms with Crippen molar-refractivity contribution < 1.29 is 29.1 Å². The Hall–Kier alpha value is -3.51. The number of hydrogen-bond acceptors (Lipinski definition) is 7. The van der Waals surface area contributed by atoms with Gasteiger partial charge in [0.1, 0.15) is 18.1 Å². The molecule has 4 amide bonds. The van der Waals surface area contributed by atoms with Crippen molar-refractivity contribution in [2.24, 2.45) is 17.4 Å². The van der Waals surface area contributed by atoms with Crippen molar-refractivity contribution in [3.05, 3.63) is 35.9 Å². The van der Waals surface area contributed by atoms with Gasteiger partial charge in [-0.15, -0.1) is 0 Å². The summed E-state index contributed by atoms with van der Waals surface area (Å²) in [7, 11) is 0. The first-order valence-corrected chi connectivity index (χ1v) is 13.5. The lowest BCUT2D eigenvalue weighted by Gasteiger charge is -2.30. The maximum Gasteiger partial charge on any atom is 0.326 e. The molecule has 1 saturated heterocycles. The molecule has 39 heavy (non-hydrogen) atoms. The van der Waals surface area contributed by atoms with Crippen molar-refractivity contribution in [2.75, 3.05) is 19.6 Å². The molecule has 0 saturated carbocycles. The van der Waals surface area contributed by atoms with Crippen LogP contribution in [0.4, 0.5) is 0 Å². The zero-order chi connectivity index (χ0) is 28.9. The molecule has 1 aromatic carbocycles.